The van der Waals surface area contributed by atoms with Gasteiger partial charge in [0.05, 0.1) is 25.9 Å². The zero-order chi connectivity index (χ0) is 13.3. The number of benzene rings is 1. The molecule has 4 heteroatoms. The van der Waals surface area contributed by atoms with E-state index < -0.39 is 6.67 Å². The molecule has 19 heavy (non-hydrogen) atoms. The first-order valence-corrected chi connectivity index (χ1v) is 6.83. The van der Waals surface area contributed by atoms with Gasteiger partial charge in [-0.1, -0.05) is 30.3 Å². The summed E-state index contributed by atoms with van der Waals surface area (Å²) < 4.78 is 28.7. The molecule has 0 unspecified atom stereocenters. The maximum absolute atomic E-state index is 12.0. The fraction of sp³-hybridized carbons (Fsp3) is 0.600. The number of hydrogen-bond donors (Lipinski definition) is 0. The normalized spacial score (nSPS) is 23.4. The smallest absolute Gasteiger partial charge is 0.158 e. The molecule has 2 rings (SSSR count). The van der Waals surface area contributed by atoms with E-state index in [4.69, 9.17) is 14.2 Å². The van der Waals surface area contributed by atoms with Gasteiger partial charge in [0.1, 0.15) is 6.67 Å². The van der Waals surface area contributed by atoms with Crippen molar-refractivity contribution in [3.8, 4) is 0 Å². The van der Waals surface area contributed by atoms with Crippen molar-refractivity contribution in [1.29, 1.82) is 0 Å². The van der Waals surface area contributed by atoms with Crippen molar-refractivity contribution in [2.45, 2.75) is 38.3 Å². The van der Waals surface area contributed by atoms with Gasteiger partial charge in [-0.05, 0) is 24.8 Å². The Balaban J connectivity index is 1.65. The van der Waals surface area contributed by atoms with Crippen molar-refractivity contribution >= 4 is 0 Å². The third-order valence-corrected chi connectivity index (χ3v) is 3.11. The molecular formula is C15H21FO3. The van der Waals surface area contributed by atoms with Gasteiger partial charge in [-0.3, -0.25) is 0 Å². The van der Waals surface area contributed by atoms with Gasteiger partial charge in [0.25, 0.3) is 0 Å². The first kappa shape index (κ1) is 14.4. The molecule has 3 nitrogen and oxygen atoms in total. The van der Waals surface area contributed by atoms with Crippen LogP contribution in [0.1, 0.15) is 24.8 Å². The van der Waals surface area contributed by atoms with E-state index in [1.807, 2.05) is 30.3 Å². The third kappa shape index (κ3) is 5.27. The summed E-state index contributed by atoms with van der Waals surface area (Å²) in [6.07, 6.45) is 2.65. The van der Waals surface area contributed by atoms with Crippen molar-refractivity contribution in [2.24, 2.45) is 0 Å². The van der Waals surface area contributed by atoms with Crippen molar-refractivity contribution in [3.05, 3.63) is 35.9 Å². The van der Waals surface area contributed by atoms with E-state index in [9.17, 15) is 4.39 Å². The van der Waals surface area contributed by atoms with Crippen LogP contribution in [0.15, 0.2) is 30.3 Å². The lowest BCUT2D eigenvalue weighted by Gasteiger charge is -2.29. The van der Waals surface area contributed by atoms with Crippen molar-refractivity contribution in [2.75, 3.05) is 19.9 Å². The van der Waals surface area contributed by atoms with Crippen LogP contribution in [0.4, 0.5) is 4.39 Å². The van der Waals surface area contributed by atoms with Gasteiger partial charge in [-0.2, -0.15) is 0 Å². The number of ether oxygens (including phenoxy) is 3. The molecule has 1 aliphatic heterocycles. The summed E-state index contributed by atoms with van der Waals surface area (Å²) in [5.74, 6) is 0. The molecule has 1 aromatic rings. The topological polar surface area (TPSA) is 27.7 Å². The van der Waals surface area contributed by atoms with E-state index in [1.165, 1.54) is 0 Å². The van der Waals surface area contributed by atoms with Crippen LogP contribution in [0.25, 0.3) is 0 Å². The molecule has 0 bridgehead atoms. The van der Waals surface area contributed by atoms with Crippen molar-refractivity contribution in [3.63, 3.8) is 0 Å². The van der Waals surface area contributed by atoms with E-state index in [0.29, 0.717) is 13.2 Å². The summed E-state index contributed by atoms with van der Waals surface area (Å²) in [6.45, 7) is 0.804. The molecule has 2 atom stereocenters. The summed E-state index contributed by atoms with van der Waals surface area (Å²) in [4.78, 5) is 0. The van der Waals surface area contributed by atoms with Crippen LogP contribution in [0.3, 0.4) is 0 Å². The quantitative estimate of drug-likeness (QED) is 0.760. The van der Waals surface area contributed by atoms with Crippen LogP contribution in [-0.4, -0.2) is 32.3 Å². The molecule has 0 N–H and O–H groups in total. The Bertz CT molecular complexity index is 345. The van der Waals surface area contributed by atoms with Gasteiger partial charge in [-0.15, -0.1) is 0 Å². The predicted molar refractivity (Wildman–Crippen MR) is 70.5 cm³/mol. The van der Waals surface area contributed by atoms with Gasteiger partial charge >= 0.3 is 0 Å². The summed E-state index contributed by atoms with van der Waals surface area (Å²) >= 11 is 0. The average Bonchev–Trinajstić information content (AvgIpc) is 2.47. The van der Waals surface area contributed by atoms with Gasteiger partial charge in [0.2, 0.25) is 0 Å². The van der Waals surface area contributed by atoms with Crippen LogP contribution in [-0.2, 0) is 20.8 Å². The first-order valence-electron chi connectivity index (χ1n) is 6.83. The van der Waals surface area contributed by atoms with Crippen LogP contribution >= 0.6 is 0 Å². The number of rotatable bonds is 7. The Hall–Kier alpha value is -0.970. The number of halogens is 1. The standard InChI is InChI=1S/C15H21FO3/c16-9-10-18-15-8-4-7-14(19-15)12-17-11-13-5-2-1-3-6-13/h1-3,5-6,14-15H,4,7-12H2/t14-,15-/m0/s1. The first-order chi connectivity index (χ1) is 9.38. The summed E-state index contributed by atoms with van der Waals surface area (Å²) in [5, 5.41) is 0. The zero-order valence-electron chi connectivity index (χ0n) is 11.1. The Labute approximate surface area is 113 Å². The van der Waals surface area contributed by atoms with E-state index in [0.717, 1.165) is 24.8 Å². The fourth-order valence-electron chi connectivity index (χ4n) is 2.17. The predicted octanol–water partition coefficient (Wildman–Crippen LogP) is 3.08. The molecule has 1 heterocycles. The highest BCUT2D eigenvalue weighted by Crippen LogP contribution is 2.20. The minimum absolute atomic E-state index is 0.0575. The SMILES string of the molecule is FCCO[C@@H]1CCC[C@@H](COCc2ccccc2)O1. The van der Waals surface area contributed by atoms with Crippen LogP contribution < -0.4 is 0 Å². The summed E-state index contributed by atoms with van der Waals surface area (Å²) in [7, 11) is 0. The van der Waals surface area contributed by atoms with Gasteiger partial charge in [-0.25, -0.2) is 4.39 Å². The minimum Gasteiger partial charge on any atom is -0.374 e. The van der Waals surface area contributed by atoms with Crippen LogP contribution in [0.2, 0.25) is 0 Å². The lowest BCUT2D eigenvalue weighted by atomic mass is 10.1. The van der Waals surface area contributed by atoms with Crippen molar-refractivity contribution in [1.82, 2.24) is 0 Å². The van der Waals surface area contributed by atoms with Crippen LogP contribution in [0.5, 0.6) is 0 Å². The van der Waals surface area contributed by atoms with E-state index in [2.05, 4.69) is 0 Å². The molecule has 1 fully saturated rings. The molecule has 0 saturated carbocycles. The average molecular weight is 268 g/mol. The molecule has 0 amide bonds. The van der Waals surface area contributed by atoms with Crippen LogP contribution in [0, 0.1) is 0 Å². The maximum Gasteiger partial charge on any atom is 0.158 e. The lowest BCUT2D eigenvalue weighted by molar-refractivity contribution is -0.206. The Morgan fingerprint density at radius 2 is 2.05 bits per heavy atom. The minimum atomic E-state index is -0.463. The zero-order valence-corrected chi connectivity index (χ0v) is 11.1. The second-order valence-corrected chi connectivity index (χ2v) is 4.68. The van der Waals surface area contributed by atoms with Gasteiger partial charge < -0.3 is 14.2 Å². The Morgan fingerprint density at radius 3 is 2.84 bits per heavy atom. The maximum atomic E-state index is 12.0. The second-order valence-electron chi connectivity index (χ2n) is 4.68. The molecule has 0 aliphatic carbocycles. The molecular weight excluding hydrogens is 247 g/mol. The highest BCUT2D eigenvalue weighted by Gasteiger charge is 2.22. The Morgan fingerprint density at radius 1 is 1.21 bits per heavy atom. The Kier molecular flexibility index (Phi) is 6.27. The molecule has 1 aromatic carbocycles. The largest absolute Gasteiger partial charge is 0.374 e. The molecule has 0 aromatic heterocycles. The molecule has 1 aliphatic rings. The molecule has 106 valence electrons. The van der Waals surface area contributed by atoms with E-state index in [1.54, 1.807) is 0 Å². The molecule has 1 saturated heterocycles. The monoisotopic (exact) mass is 268 g/mol. The van der Waals surface area contributed by atoms with E-state index in [-0.39, 0.29) is 19.0 Å². The molecule has 0 radical (unpaired) electrons. The summed E-state index contributed by atoms with van der Waals surface area (Å²) in [6, 6.07) is 10.1. The van der Waals surface area contributed by atoms with E-state index >= 15 is 0 Å². The highest BCUT2D eigenvalue weighted by atomic mass is 19.1. The van der Waals surface area contributed by atoms with Crippen molar-refractivity contribution < 1.29 is 18.6 Å². The second kappa shape index (κ2) is 8.25. The number of hydrogen-bond acceptors (Lipinski definition) is 3. The summed E-state index contributed by atoms with van der Waals surface area (Å²) in [5.41, 5.74) is 1.16. The number of alkyl halides is 1. The molecule has 0 spiro atoms. The third-order valence-electron chi connectivity index (χ3n) is 3.11. The lowest BCUT2D eigenvalue weighted by Crippen LogP contribution is -2.33. The highest BCUT2D eigenvalue weighted by molar-refractivity contribution is 5.13. The van der Waals surface area contributed by atoms with Gasteiger partial charge in [0, 0.05) is 0 Å². The van der Waals surface area contributed by atoms with Gasteiger partial charge in [0.15, 0.2) is 6.29 Å². The fourth-order valence-corrected chi connectivity index (χ4v) is 2.17.